The quantitative estimate of drug-likeness (QED) is 0.249. The number of hydrogen-bond acceptors (Lipinski definition) is 8. The number of carbonyl (C=O) groups is 4. The third-order valence-electron chi connectivity index (χ3n) is 5.35. The van der Waals surface area contributed by atoms with Gasteiger partial charge in [-0.3, -0.25) is 14.3 Å². The molecular formula is C27H21N3O7S. The Morgan fingerprint density at radius 2 is 1.61 bits per heavy atom. The fraction of sp³-hybridized carbons (Fsp3) is 0.0741. The molecule has 2 aromatic heterocycles. The Labute approximate surface area is 220 Å². The van der Waals surface area contributed by atoms with Crippen molar-refractivity contribution in [2.45, 2.75) is 12.0 Å². The van der Waals surface area contributed by atoms with Gasteiger partial charge in [-0.2, -0.15) is 0 Å². The van der Waals surface area contributed by atoms with Crippen molar-refractivity contribution in [1.29, 1.82) is 0 Å². The zero-order valence-corrected chi connectivity index (χ0v) is 20.5. The number of hydrogen-bond donors (Lipinski definition) is 3. The number of nitrogens with zero attached hydrogens (tertiary/aromatic N) is 2. The molecule has 3 N–H and O–H groups in total. The number of allylic oxidation sites excluding steroid dienone is 1. The van der Waals surface area contributed by atoms with Crippen LogP contribution < -0.4 is 5.32 Å². The summed E-state index contributed by atoms with van der Waals surface area (Å²) >= 11 is 1.50. The average Bonchev–Trinajstić information content (AvgIpc) is 3.59. The minimum Gasteiger partial charge on any atom is -0.473 e. The molecule has 1 unspecified atom stereocenters. The summed E-state index contributed by atoms with van der Waals surface area (Å²) in [6.07, 6.45) is 2.76. The van der Waals surface area contributed by atoms with E-state index < -0.39 is 18.0 Å². The van der Waals surface area contributed by atoms with Crippen molar-refractivity contribution in [3.05, 3.63) is 113 Å². The van der Waals surface area contributed by atoms with Gasteiger partial charge in [-0.05, 0) is 23.8 Å². The molecule has 0 saturated carbocycles. The smallest absolute Gasteiger partial charge is 0.418 e. The summed E-state index contributed by atoms with van der Waals surface area (Å²) in [6, 6.07) is 22.5. The molecule has 0 amide bonds. The van der Waals surface area contributed by atoms with Crippen molar-refractivity contribution in [3.8, 4) is 0 Å². The van der Waals surface area contributed by atoms with Crippen LogP contribution in [0.3, 0.4) is 0 Å². The highest BCUT2D eigenvalue weighted by Gasteiger charge is 2.27. The second-order valence-electron chi connectivity index (χ2n) is 7.86. The molecule has 11 heteroatoms. The third kappa shape index (κ3) is 6.08. The Morgan fingerprint density at radius 1 is 0.921 bits per heavy atom. The van der Waals surface area contributed by atoms with E-state index in [-0.39, 0.29) is 17.8 Å². The van der Waals surface area contributed by atoms with E-state index in [2.05, 4.69) is 10.3 Å². The molecule has 0 bridgehead atoms. The van der Waals surface area contributed by atoms with Gasteiger partial charge in [-0.15, -0.1) is 11.8 Å². The van der Waals surface area contributed by atoms with E-state index in [9.17, 15) is 9.59 Å². The lowest BCUT2D eigenvalue weighted by Gasteiger charge is -2.11. The molecule has 1 aliphatic heterocycles. The van der Waals surface area contributed by atoms with Gasteiger partial charge in [0.05, 0.1) is 22.5 Å². The number of rotatable bonds is 5. The SMILES string of the molecule is O=C(C1=CSC(c2ccccn2)N1)c1cn(C(=O)OCc2ccccc2)c2ccccc12.O=C(O)C(=O)O. The zero-order chi connectivity index (χ0) is 27.1. The molecule has 1 atom stereocenters. The number of nitrogens with one attached hydrogen (secondary N) is 1. The first-order valence-corrected chi connectivity index (χ1v) is 12.1. The number of carbonyl (C=O) groups excluding carboxylic acids is 2. The Morgan fingerprint density at radius 3 is 2.29 bits per heavy atom. The molecule has 0 aliphatic carbocycles. The number of carboxylic acid groups (broad SMARTS) is 2. The van der Waals surface area contributed by atoms with E-state index in [1.54, 1.807) is 18.5 Å². The van der Waals surface area contributed by atoms with E-state index in [4.69, 9.17) is 24.5 Å². The van der Waals surface area contributed by atoms with E-state index in [0.717, 1.165) is 11.3 Å². The number of thioether (sulfide) groups is 1. The van der Waals surface area contributed by atoms with Crippen molar-refractivity contribution in [1.82, 2.24) is 14.9 Å². The number of ketones is 1. The average molecular weight is 532 g/mol. The lowest BCUT2D eigenvalue weighted by atomic mass is 10.1. The number of aliphatic carboxylic acids is 2. The molecule has 0 spiro atoms. The fourth-order valence-corrected chi connectivity index (χ4v) is 4.51. The molecule has 10 nitrogen and oxygen atoms in total. The monoisotopic (exact) mass is 531 g/mol. The standard InChI is InChI=1S/C25H19N3O3S.C2H2O4/c29-23(21-16-32-24(27-21)20-11-6-7-13-26-20)19-14-28(22-12-5-4-10-18(19)22)25(30)31-15-17-8-2-1-3-9-17;3-1(4)2(5)6/h1-14,16,24,27H,15H2;(H,3,4)(H,5,6). The van der Waals surface area contributed by atoms with Gasteiger partial charge in [0, 0.05) is 23.2 Å². The summed E-state index contributed by atoms with van der Waals surface area (Å²) in [6.45, 7) is 0.157. The van der Waals surface area contributed by atoms with Crippen LogP contribution in [0.2, 0.25) is 0 Å². The minimum atomic E-state index is -1.82. The number of para-hydroxylation sites is 1. The summed E-state index contributed by atoms with van der Waals surface area (Å²) in [4.78, 5) is 48.7. The summed E-state index contributed by atoms with van der Waals surface area (Å²) < 4.78 is 6.88. The van der Waals surface area contributed by atoms with Crippen molar-refractivity contribution in [3.63, 3.8) is 0 Å². The molecule has 0 saturated heterocycles. The summed E-state index contributed by atoms with van der Waals surface area (Å²) in [5.41, 5.74) is 3.29. The van der Waals surface area contributed by atoms with E-state index >= 15 is 0 Å². The van der Waals surface area contributed by atoms with Crippen LogP contribution in [0.1, 0.15) is 27.0 Å². The Kier molecular flexibility index (Phi) is 8.19. The summed E-state index contributed by atoms with van der Waals surface area (Å²) in [5.74, 6) is -3.83. The van der Waals surface area contributed by atoms with Gasteiger partial charge in [0.2, 0.25) is 5.78 Å². The van der Waals surface area contributed by atoms with Crippen molar-refractivity contribution in [2.75, 3.05) is 0 Å². The van der Waals surface area contributed by atoms with Gasteiger partial charge in [-0.25, -0.2) is 14.4 Å². The van der Waals surface area contributed by atoms with Crippen LogP contribution in [-0.2, 0) is 20.9 Å². The van der Waals surface area contributed by atoms with Crippen LogP contribution in [0.15, 0.2) is 96.3 Å². The molecule has 0 radical (unpaired) electrons. The van der Waals surface area contributed by atoms with E-state index in [1.165, 1.54) is 16.3 Å². The minimum absolute atomic E-state index is 0.126. The van der Waals surface area contributed by atoms with Crippen LogP contribution in [-0.4, -0.2) is 43.6 Å². The molecule has 5 rings (SSSR count). The first-order chi connectivity index (χ1) is 18.3. The third-order valence-corrected chi connectivity index (χ3v) is 6.35. The molecule has 192 valence electrons. The van der Waals surface area contributed by atoms with Crippen molar-refractivity contribution < 1.29 is 34.1 Å². The fourth-order valence-electron chi connectivity index (χ4n) is 3.58. The molecule has 3 heterocycles. The van der Waals surface area contributed by atoms with Crippen LogP contribution in [0.25, 0.3) is 10.9 Å². The Hall–Kier alpha value is -4.90. The van der Waals surface area contributed by atoms with Crippen molar-refractivity contribution in [2.24, 2.45) is 0 Å². The van der Waals surface area contributed by atoms with E-state index in [1.807, 2.05) is 72.1 Å². The summed E-state index contributed by atoms with van der Waals surface area (Å²) in [7, 11) is 0. The maximum absolute atomic E-state index is 13.3. The predicted molar refractivity (Wildman–Crippen MR) is 139 cm³/mol. The lowest BCUT2D eigenvalue weighted by Crippen LogP contribution is -2.20. The molecule has 1 aliphatic rings. The molecule has 0 fully saturated rings. The maximum atomic E-state index is 13.3. The number of fused-ring (bicyclic) bond motifs is 1. The highest BCUT2D eigenvalue weighted by molar-refractivity contribution is 8.02. The van der Waals surface area contributed by atoms with Crippen molar-refractivity contribution >= 4 is 46.5 Å². The van der Waals surface area contributed by atoms with Crippen LogP contribution in [0.4, 0.5) is 4.79 Å². The second-order valence-corrected chi connectivity index (χ2v) is 8.84. The molecule has 2 aromatic carbocycles. The molecular weight excluding hydrogens is 510 g/mol. The van der Waals surface area contributed by atoms with Gasteiger partial charge >= 0.3 is 18.0 Å². The molecule has 38 heavy (non-hydrogen) atoms. The molecule has 4 aromatic rings. The topological polar surface area (TPSA) is 148 Å². The number of pyridine rings is 1. The maximum Gasteiger partial charge on any atom is 0.418 e. The van der Waals surface area contributed by atoms with Crippen LogP contribution in [0, 0.1) is 0 Å². The number of aromatic nitrogens is 2. The lowest BCUT2D eigenvalue weighted by molar-refractivity contribution is -0.159. The normalized spacial score (nSPS) is 14.0. The number of carboxylic acids is 2. The van der Waals surface area contributed by atoms with E-state index in [0.29, 0.717) is 22.2 Å². The van der Waals surface area contributed by atoms with Crippen LogP contribution >= 0.6 is 11.8 Å². The number of benzene rings is 2. The second kappa shape index (κ2) is 11.9. The summed E-state index contributed by atoms with van der Waals surface area (Å²) in [5, 5.41) is 20.4. The number of ether oxygens (including phenoxy) is 1. The Balaban J connectivity index is 0.000000505. The van der Waals surface area contributed by atoms with Crippen LogP contribution in [0.5, 0.6) is 0 Å². The Bertz CT molecular complexity index is 1510. The largest absolute Gasteiger partial charge is 0.473 e. The highest BCUT2D eigenvalue weighted by Crippen LogP contribution is 2.35. The highest BCUT2D eigenvalue weighted by atomic mass is 32.2. The van der Waals surface area contributed by atoms with Gasteiger partial charge in [-0.1, -0.05) is 54.6 Å². The first-order valence-electron chi connectivity index (χ1n) is 11.2. The zero-order valence-electron chi connectivity index (χ0n) is 19.7. The first kappa shape index (κ1) is 26.2. The predicted octanol–water partition coefficient (Wildman–Crippen LogP) is 4.44. The number of Topliss-reactive ketones (excluding diaryl/α,β-unsaturated/α-hetero) is 1. The van der Waals surface area contributed by atoms with Gasteiger partial charge < -0.3 is 20.3 Å². The van der Waals surface area contributed by atoms with Gasteiger partial charge in [0.15, 0.2) is 0 Å². The van der Waals surface area contributed by atoms with Gasteiger partial charge in [0.25, 0.3) is 0 Å². The van der Waals surface area contributed by atoms with Gasteiger partial charge in [0.1, 0.15) is 12.0 Å².